The van der Waals surface area contributed by atoms with Crippen LogP contribution < -0.4 is 4.74 Å². The van der Waals surface area contributed by atoms with Crippen LogP contribution in [-0.2, 0) is 0 Å². The molecule has 7 nitrogen and oxygen atoms in total. The van der Waals surface area contributed by atoms with E-state index in [0.29, 0.717) is 28.6 Å². The lowest BCUT2D eigenvalue weighted by Crippen LogP contribution is -2.00. The molecule has 7 heteroatoms. The topological polar surface area (TPSA) is 86.0 Å². The van der Waals surface area contributed by atoms with Crippen molar-refractivity contribution in [3.63, 3.8) is 0 Å². The Labute approximate surface area is 137 Å². The smallest absolute Gasteiger partial charge is 0.213 e. The van der Waals surface area contributed by atoms with Gasteiger partial charge in [-0.05, 0) is 18.2 Å². The average molecular weight is 319 g/mol. The molecular weight excluding hydrogens is 306 g/mol. The largest absolute Gasteiger partial charge is 0.506 e. The predicted octanol–water partition coefficient (Wildman–Crippen LogP) is 2.59. The molecule has 0 saturated carbocycles. The van der Waals surface area contributed by atoms with E-state index in [4.69, 9.17) is 4.74 Å². The van der Waals surface area contributed by atoms with E-state index < -0.39 is 0 Å². The van der Waals surface area contributed by atoms with Gasteiger partial charge in [-0.1, -0.05) is 6.07 Å². The fourth-order valence-electron chi connectivity index (χ4n) is 2.49. The summed E-state index contributed by atoms with van der Waals surface area (Å²) < 4.78 is 6.96. The van der Waals surface area contributed by atoms with E-state index >= 15 is 0 Å². The third-order valence-corrected chi connectivity index (χ3v) is 3.56. The number of nitrogens with zero attached hydrogens (tertiary/aromatic N) is 5. The van der Waals surface area contributed by atoms with E-state index in [-0.39, 0.29) is 5.75 Å². The molecule has 0 radical (unpaired) electrons. The van der Waals surface area contributed by atoms with Gasteiger partial charge in [-0.2, -0.15) is 0 Å². The fourth-order valence-corrected chi connectivity index (χ4v) is 2.49. The summed E-state index contributed by atoms with van der Waals surface area (Å²) in [6.07, 6.45) is 4.77. The van der Waals surface area contributed by atoms with E-state index in [2.05, 4.69) is 19.9 Å². The van der Waals surface area contributed by atoms with Gasteiger partial charge in [0.15, 0.2) is 11.5 Å². The van der Waals surface area contributed by atoms with Crippen LogP contribution in [-0.4, -0.2) is 36.7 Å². The molecule has 0 aliphatic carbocycles. The molecule has 0 fully saturated rings. The normalized spacial score (nSPS) is 10.9. The lowest BCUT2D eigenvalue weighted by molar-refractivity contribution is 0.398. The molecule has 24 heavy (non-hydrogen) atoms. The summed E-state index contributed by atoms with van der Waals surface area (Å²) in [5.41, 5.74) is 2.66. The van der Waals surface area contributed by atoms with Crippen molar-refractivity contribution in [2.45, 2.75) is 0 Å². The van der Waals surface area contributed by atoms with Crippen molar-refractivity contribution in [1.82, 2.24) is 24.5 Å². The van der Waals surface area contributed by atoms with Crippen molar-refractivity contribution in [1.29, 1.82) is 0 Å². The Morgan fingerprint density at radius 1 is 1.04 bits per heavy atom. The number of rotatable bonds is 3. The first-order chi connectivity index (χ1) is 11.8. The van der Waals surface area contributed by atoms with Crippen LogP contribution in [0.4, 0.5) is 0 Å². The summed E-state index contributed by atoms with van der Waals surface area (Å²) in [6.45, 7) is 0. The van der Waals surface area contributed by atoms with Crippen molar-refractivity contribution in [2.24, 2.45) is 0 Å². The summed E-state index contributed by atoms with van der Waals surface area (Å²) in [5, 5.41) is 9.68. The van der Waals surface area contributed by atoms with Crippen LogP contribution in [0, 0.1) is 0 Å². The lowest BCUT2D eigenvalue weighted by atomic mass is 10.3. The molecule has 1 N–H and O–H groups in total. The van der Waals surface area contributed by atoms with Crippen LogP contribution >= 0.6 is 0 Å². The Morgan fingerprint density at radius 3 is 2.67 bits per heavy atom. The molecule has 0 aliphatic rings. The van der Waals surface area contributed by atoms with Gasteiger partial charge in [0.1, 0.15) is 17.0 Å². The summed E-state index contributed by atoms with van der Waals surface area (Å²) >= 11 is 0. The molecule has 0 unspecified atom stereocenters. The highest BCUT2D eigenvalue weighted by molar-refractivity contribution is 5.80. The molecule has 0 aromatic carbocycles. The standard InChI is InChI=1S/C17H13N5O2/c1-24-15-6-5-11(9-19-15)22-16-14(8-12(23)10-20-16)21-17(22)13-4-2-3-7-18-13/h2-10,23H,1H3. The van der Waals surface area contributed by atoms with Gasteiger partial charge >= 0.3 is 0 Å². The third kappa shape index (κ3) is 2.32. The van der Waals surface area contributed by atoms with Gasteiger partial charge in [0.05, 0.1) is 25.2 Å². The number of fused-ring (bicyclic) bond motifs is 1. The molecule has 118 valence electrons. The molecule has 4 rings (SSSR count). The Balaban J connectivity index is 2.00. The lowest BCUT2D eigenvalue weighted by Gasteiger charge is -2.08. The first-order valence-electron chi connectivity index (χ1n) is 7.25. The maximum absolute atomic E-state index is 9.68. The summed E-state index contributed by atoms with van der Waals surface area (Å²) in [7, 11) is 1.57. The molecule has 0 saturated heterocycles. The van der Waals surface area contributed by atoms with Crippen LogP contribution in [0.15, 0.2) is 55.0 Å². The summed E-state index contributed by atoms with van der Waals surface area (Å²) in [6, 6.07) is 10.8. The number of pyridine rings is 3. The molecule has 0 spiro atoms. The number of aromatic hydroxyl groups is 1. The van der Waals surface area contributed by atoms with E-state index in [1.807, 2.05) is 28.8 Å². The molecule has 0 bridgehead atoms. The zero-order valence-electron chi connectivity index (χ0n) is 12.8. The van der Waals surface area contributed by atoms with Gasteiger partial charge in [0, 0.05) is 18.3 Å². The summed E-state index contributed by atoms with van der Waals surface area (Å²) in [4.78, 5) is 17.5. The molecule has 4 heterocycles. The van der Waals surface area contributed by atoms with Crippen LogP contribution in [0.2, 0.25) is 0 Å². The Kier molecular flexibility index (Phi) is 3.31. The molecule has 0 atom stereocenters. The first-order valence-corrected chi connectivity index (χ1v) is 7.25. The van der Waals surface area contributed by atoms with Crippen LogP contribution in [0.3, 0.4) is 0 Å². The van der Waals surface area contributed by atoms with Crippen LogP contribution in [0.25, 0.3) is 28.4 Å². The number of methoxy groups -OCH3 is 1. The molecule has 0 amide bonds. The number of hydrogen-bond acceptors (Lipinski definition) is 6. The van der Waals surface area contributed by atoms with Gasteiger partial charge < -0.3 is 9.84 Å². The minimum absolute atomic E-state index is 0.0626. The van der Waals surface area contributed by atoms with Gasteiger partial charge in [-0.25, -0.2) is 15.0 Å². The molecule has 4 aromatic heterocycles. The van der Waals surface area contributed by atoms with Gasteiger partial charge in [0.2, 0.25) is 5.88 Å². The minimum atomic E-state index is 0.0626. The quantitative estimate of drug-likeness (QED) is 0.624. The predicted molar refractivity (Wildman–Crippen MR) is 88.1 cm³/mol. The maximum atomic E-state index is 9.68. The van der Waals surface area contributed by atoms with E-state index in [0.717, 1.165) is 5.69 Å². The third-order valence-electron chi connectivity index (χ3n) is 3.56. The Bertz CT molecular complexity index is 997. The monoisotopic (exact) mass is 319 g/mol. The Morgan fingerprint density at radius 2 is 1.96 bits per heavy atom. The highest BCUT2D eigenvalue weighted by atomic mass is 16.5. The van der Waals surface area contributed by atoms with Crippen molar-refractivity contribution >= 4 is 11.2 Å². The first kappa shape index (κ1) is 14.1. The van der Waals surface area contributed by atoms with E-state index in [1.165, 1.54) is 6.20 Å². The highest BCUT2D eigenvalue weighted by Gasteiger charge is 2.17. The van der Waals surface area contributed by atoms with Gasteiger partial charge in [0.25, 0.3) is 0 Å². The highest BCUT2D eigenvalue weighted by Crippen LogP contribution is 2.28. The maximum Gasteiger partial charge on any atom is 0.213 e. The second kappa shape index (κ2) is 5.62. The van der Waals surface area contributed by atoms with E-state index in [9.17, 15) is 5.11 Å². The van der Waals surface area contributed by atoms with Crippen molar-refractivity contribution in [3.8, 4) is 28.8 Å². The van der Waals surface area contributed by atoms with Crippen molar-refractivity contribution in [3.05, 3.63) is 55.0 Å². The summed E-state index contributed by atoms with van der Waals surface area (Å²) in [5.74, 6) is 1.21. The van der Waals surface area contributed by atoms with Crippen LogP contribution in [0.5, 0.6) is 11.6 Å². The van der Waals surface area contributed by atoms with Crippen LogP contribution in [0.1, 0.15) is 0 Å². The van der Waals surface area contributed by atoms with Crippen molar-refractivity contribution < 1.29 is 9.84 Å². The Hall–Kier alpha value is -3.48. The zero-order valence-corrected chi connectivity index (χ0v) is 12.8. The van der Waals surface area contributed by atoms with E-state index in [1.54, 1.807) is 31.6 Å². The average Bonchev–Trinajstić information content (AvgIpc) is 3.01. The fraction of sp³-hybridized carbons (Fsp3) is 0.0588. The number of ether oxygens (including phenoxy) is 1. The number of hydrogen-bond donors (Lipinski definition) is 1. The molecular formula is C17H13N5O2. The minimum Gasteiger partial charge on any atom is -0.506 e. The number of aromatic nitrogens is 5. The molecule has 0 aliphatic heterocycles. The second-order valence-corrected chi connectivity index (χ2v) is 5.08. The van der Waals surface area contributed by atoms with Crippen molar-refractivity contribution in [2.75, 3.05) is 7.11 Å². The second-order valence-electron chi connectivity index (χ2n) is 5.08. The van der Waals surface area contributed by atoms with Gasteiger partial charge in [-0.15, -0.1) is 0 Å². The van der Waals surface area contributed by atoms with Gasteiger partial charge in [-0.3, -0.25) is 9.55 Å². The number of imidazole rings is 1. The SMILES string of the molecule is COc1ccc(-n2c(-c3ccccn3)nc3cc(O)cnc32)cn1. The molecule has 4 aromatic rings. The zero-order chi connectivity index (χ0) is 16.5.